The quantitative estimate of drug-likeness (QED) is 0.779. The lowest BCUT2D eigenvalue weighted by Gasteiger charge is -2.49. The van der Waals surface area contributed by atoms with Crippen molar-refractivity contribution in [3.63, 3.8) is 0 Å². The predicted molar refractivity (Wildman–Crippen MR) is 98.6 cm³/mol. The summed E-state index contributed by atoms with van der Waals surface area (Å²) in [5.41, 5.74) is 1.79. The number of methoxy groups -OCH3 is 1. The monoisotopic (exact) mass is 352 g/mol. The minimum absolute atomic E-state index is 0.173. The van der Waals surface area contributed by atoms with Crippen molar-refractivity contribution in [1.82, 2.24) is 5.01 Å². The smallest absolute Gasteiger partial charge is 0.198 e. The fourth-order valence-electron chi connectivity index (χ4n) is 4.60. The van der Waals surface area contributed by atoms with Gasteiger partial charge in [0.2, 0.25) is 0 Å². The van der Waals surface area contributed by atoms with Crippen molar-refractivity contribution in [3.05, 3.63) is 47.4 Å². The molecule has 2 aromatic rings. The Bertz CT molecular complexity index is 864. The Balaban J connectivity index is 1.62. The molecule has 0 N–H and O–H groups in total. The van der Waals surface area contributed by atoms with Gasteiger partial charge in [-0.25, -0.2) is 5.01 Å². The second-order valence-corrected chi connectivity index (χ2v) is 7.51. The Hall–Kier alpha value is -2.43. The third-order valence-electron chi connectivity index (χ3n) is 5.87. The number of rotatable bonds is 2. The Morgan fingerprint density at radius 1 is 1.15 bits per heavy atom. The van der Waals surface area contributed by atoms with E-state index in [0.717, 1.165) is 53.6 Å². The van der Waals surface area contributed by atoms with E-state index in [0.29, 0.717) is 0 Å². The third kappa shape index (κ3) is 2.26. The van der Waals surface area contributed by atoms with Gasteiger partial charge < -0.3 is 13.9 Å². The molecule has 136 valence electrons. The zero-order chi connectivity index (χ0) is 17.7. The summed E-state index contributed by atoms with van der Waals surface area (Å²) in [5, 5.41) is 7.24. The lowest BCUT2D eigenvalue weighted by Crippen LogP contribution is -2.54. The average molecular weight is 352 g/mol. The summed E-state index contributed by atoms with van der Waals surface area (Å²) in [5.74, 6) is 3.49. The zero-order valence-corrected chi connectivity index (χ0v) is 15.3. The molecule has 1 fully saturated rings. The highest BCUT2D eigenvalue weighted by molar-refractivity contribution is 5.99. The van der Waals surface area contributed by atoms with Crippen LogP contribution in [0.5, 0.6) is 11.5 Å². The van der Waals surface area contributed by atoms with Crippen LogP contribution in [0, 0.1) is 6.92 Å². The minimum Gasteiger partial charge on any atom is -0.493 e. The summed E-state index contributed by atoms with van der Waals surface area (Å²) in [6.07, 6.45) is 6.41. The van der Waals surface area contributed by atoms with Crippen LogP contribution in [0.4, 0.5) is 0 Å². The van der Waals surface area contributed by atoms with Crippen LogP contribution in [0.2, 0.25) is 0 Å². The van der Waals surface area contributed by atoms with Crippen molar-refractivity contribution in [2.75, 3.05) is 7.11 Å². The molecule has 5 nitrogen and oxygen atoms in total. The fourth-order valence-corrected chi connectivity index (χ4v) is 4.60. The van der Waals surface area contributed by atoms with Crippen LogP contribution in [0.3, 0.4) is 0 Å². The van der Waals surface area contributed by atoms with E-state index in [2.05, 4.69) is 11.1 Å². The lowest BCUT2D eigenvalue weighted by molar-refractivity contribution is -0.141. The van der Waals surface area contributed by atoms with Crippen molar-refractivity contribution in [1.29, 1.82) is 0 Å². The zero-order valence-electron chi connectivity index (χ0n) is 15.3. The van der Waals surface area contributed by atoms with E-state index in [1.165, 1.54) is 19.3 Å². The number of aryl methyl sites for hydroxylation is 1. The van der Waals surface area contributed by atoms with Crippen molar-refractivity contribution in [2.24, 2.45) is 5.10 Å². The van der Waals surface area contributed by atoms with Gasteiger partial charge in [-0.15, -0.1) is 0 Å². The maximum Gasteiger partial charge on any atom is 0.198 e. The topological polar surface area (TPSA) is 47.2 Å². The SMILES string of the molecule is COc1cccc2c1OC1(CCCCC1)N1N=C(c3ccc(C)o3)CC21. The molecular weight excluding hydrogens is 328 g/mol. The normalized spacial score (nSPS) is 23.2. The number of benzene rings is 1. The highest BCUT2D eigenvalue weighted by atomic mass is 16.5. The van der Waals surface area contributed by atoms with Gasteiger partial charge in [0, 0.05) is 24.8 Å². The summed E-state index contributed by atoms with van der Waals surface area (Å²) < 4.78 is 18.1. The van der Waals surface area contributed by atoms with E-state index < -0.39 is 0 Å². The van der Waals surface area contributed by atoms with Crippen molar-refractivity contribution < 1.29 is 13.9 Å². The summed E-state index contributed by atoms with van der Waals surface area (Å²) in [6.45, 7) is 1.97. The molecule has 0 radical (unpaired) electrons. The summed E-state index contributed by atoms with van der Waals surface area (Å²) >= 11 is 0. The fraction of sp³-hybridized carbons (Fsp3) is 0.476. The molecule has 1 unspecified atom stereocenters. The first kappa shape index (κ1) is 15.8. The number of nitrogens with zero attached hydrogens (tertiary/aromatic N) is 2. The number of ether oxygens (including phenoxy) is 2. The number of hydrazone groups is 1. The van der Waals surface area contributed by atoms with Crippen molar-refractivity contribution >= 4 is 5.71 Å². The summed E-state index contributed by atoms with van der Waals surface area (Å²) in [6, 6.07) is 10.3. The highest BCUT2D eigenvalue weighted by Crippen LogP contribution is 2.53. The lowest BCUT2D eigenvalue weighted by atomic mass is 9.86. The number of furan rings is 1. The van der Waals surface area contributed by atoms with Gasteiger partial charge in [-0.05, 0) is 38.0 Å². The van der Waals surface area contributed by atoms with Crippen LogP contribution < -0.4 is 9.47 Å². The number of hydrogen-bond acceptors (Lipinski definition) is 5. The molecule has 2 aliphatic heterocycles. The molecule has 1 aliphatic carbocycles. The van der Waals surface area contributed by atoms with Gasteiger partial charge in [0.15, 0.2) is 17.2 Å². The number of hydrogen-bond donors (Lipinski definition) is 0. The molecule has 1 spiro atoms. The standard InChI is InChI=1S/C21H24N2O3/c1-14-9-10-18(25-14)16-13-17-15-7-6-8-19(24-2)20(15)26-21(23(17)22-16)11-4-3-5-12-21/h6-10,17H,3-5,11-13H2,1-2H3. The molecule has 3 aliphatic rings. The van der Waals surface area contributed by atoms with E-state index in [9.17, 15) is 0 Å². The second-order valence-electron chi connectivity index (χ2n) is 7.51. The number of fused-ring (bicyclic) bond motifs is 4. The van der Waals surface area contributed by atoms with Gasteiger partial charge >= 0.3 is 0 Å². The molecule has 3 heterocycles. The Labute approximate surface area is 153 Å². The van der Waals surface area contributed by atoms with Gasteiger partial charge in [0.25, 0.3) is 0 Å². The van der Waals surface area contributed by atoms with Gasteiger partial charge in [0.05, 0.1) is 13.2 Å². The second kappa shape index (κ2) is 5.79. The third-order valence-corrected chi connectivity index (χ3v) is 5.87. The van der Waals surface area contributed by atoms with Crippen LogP contribution in [0.25, 0.3) is 0 Å². The molecule has 26 heavy (non-hydrogen) atoms. The summed E-state index contributed by atoms with van der Waals surface area (Å²) in [4.78, 5) is 0. The number of para-hydroxylation sites is 1. The predicted octanol–water partition coefficient (Wildman–Crippen LogP) is 4.80. The van der Waals surface area contributed by atoms with E-state index in [1.807, 2.05) is 31.2 Å². The van der Waals surface area contributed by atoms with E-state index in [-0.39, 0.29) is 11.8 Å². The first-order chi connectivity index (χ1) is 12.7. The molecule has 5 heteroatoms. The molecule has 5 rings (SSSR count). The molecule has 0 bridgehead atoms. The Kier molecular flexibility index (Phi) is 3.52. The minimum atomic E-state index is -0.367. The van der Waals surface area contributed by atoms with Gasteiger partial charge in [-0.3, -0.25) is 0 Å². The molecule has 1 saturated carbocycles. The van der Waals surface area contributed by atoms with E-state index >= 15 is 0 Å². The highest BCUT2D eigenvalue weighted by Gasteiger charge is 2.51. The Morgan fingerprint density at radius 3 is 2.73 bits per heavy atom. The van der Waals surface area contributed by atoms with Gasteiger partial charge in [-0.1, -0.05) is 18.6 Å². The van der Waals surface area contributed by atoms with E-state index in [4.69, 9.17) is 19.0 Å². The summed E-state index contributed by atoms with van der Waals surface area (Å²) in [7, 11) is 1.71. The van der Waals surface area contributed by atoms with Crippen LogP contribution in [-0.2, 0) is 0 Å². The first-order valence-corrected chi connectivity index (χ1v) is 9.50. The molecule has 0 saturated heterocycles. The maximum absolute atomic E-state index is 6.65. The Morgan fingerprint density at radius 2 is 2.00 bits per heavy atom. The average Bonchev–Trinajstić information content (AvgIpc) is 3.29. The molecular formula is C21H24N2O3. The molecule has 0 amide bonds. The first-order valence-electron chi connectivity index (χ1n) is 9.50. The van der Waals surface area contributed by atoms with Gasteiger partial charge in [0.1, 0.15) is 17.2 Å². The van der Waals surface area contributed by atoms with E-state index in [1.54, 1.807) is 7.11 Å². The molecule has 1 aromatic heterocycles. The van der Waals surface area contributed by atoms with Gasteiger partial charge in [-0.2, -0.15) is 5.10 Å². The van der Waals surface area contributed by atoms with Crippen LogP contribution in [-0.4, -0.2) is 23.6 Å². The van der Waals surface area contributed by atoms with Crippen molar-refractivity contribution in [3.8, 4) is 11.5 Å². The molecule has 1 aromatic carbocycles. The van der Waals surface area contributed by atoms with Crippen LogP contribution >= 0.6 is 0 Å². The van der Waals surface area contributed by atoms with Crippen molar-refractivity contribution in [2.45, 2.75) is 57.2 Å². The molecule has 1 atom stereocenters. The van der Waals surface area contributed by atoms with Crippen LogP contribution in [0.1, 0.15) is 61.7 Å². The maximum atomic E-state index is 6.65. The van der Waals surface area contributed by atoms with Crippen LogP contribution in [0.15, 0.2) is 39.9 Å². The largest absolute Gasteiger partial charge is 0.493 e.